The lowest BCUT2D eigenvalue weighted by Crippen LogP contribution is -2.22. The third-order valence-electron chi connectivity index (χ3n) is 6.00. The number of halogens is 1. The minimum absolute atomic E-state index is 0.0635. The molecular formula is C20H24FN5O4S. The molecule has 0 fully saturated rings. The van der Waals surface area contributed by atoms with Crippen LogP contribution < -0.4 is 15.2 Å². The van der Waals surface area contributed by atoms with Crippen molar-refractivity contribution in [3.63, 3.8) is 0 Å². The number of hydrogen-bond donors (Lipinski definition) is 2. The number of carbonyl (C=O) groups is 1. The fourth-order valence-electron chi connectivity index (χ4n) is 4.72. The molecule has 0 radical (unpaired) electrons. The number of aromatic nitrogens is 2. The Balaban J connectivity index is 1.44. The molecule has 0 bridgehead atoms. The van der Waals surface area contributed by atoms with Crippen molar-refractivity contribution in [2.45, 2.75) is 55.8 Å². The van der Waals surface area contributed by atoms with Crippen molar-refractivity contribution < 1.29 is 22.9 Å². The summed E-state index contributed by atoms with van der Waals surface area (Å²) in [5.74, 6) is 0.230. The van der Waals surface area contributed by atoms with Crippen LogP contribution in [-0.4, -0.2) is 46.0 Å². The number of nitrogens with one attached hydrogen (secondary N) is 1. The second kappa shape index (κ2) is 7.57. The summed E-state index contributed by atoms with van der Waals surface area (Å²) in [5.41, 5.74) is 4.47. The van der Waals surface area contributed by atoms with Crippen molar-refractivity contribution in [1.82, 2.24) is 9.78 Å². The maximum absolute atomic E-state index is 14.1. The van der Waals surface area contributed by atoms with Crippen molar-refractivity contribution in [3.8, 4) is 5.88 Å². The number of ether oxygens (including phenoxy) is 2. The quantitative estimate of drug-likeness (QED) is 0.741. The molecule has 2 aliphatic carbocycles. The third-order valence-corrected chi connectivity index (χ3v) is 7.35. The molecule has 0 spiro atoms. The number of aryl methyl sites for hydroxylation is 1. The van der Waals surface area contributed by atoms with E-state index in [4.69, 9.17) is 14.6 Å². The molecule has 9 nitrogen and oxygen atoms in total. The van der Waals surface area contributed by atoms with Gasteiger partial charge in [-0.15, -0.1) is 4.36 Å². The highest BCUT2D eigenvalue weighted by Crippen LogP contribution is 2.39. The average Bonchev–Trinajstić information content (AvgIpc) is 3.43. The van der Waals surface area contributed by atoms with Gasteiger partial charge in [-0.2, -0.15) is 5.10 Å². The monoisotopic (exact) mass is 449 g/mol. The number of hydrogen-bond acceptors (Lipinski definition) is 5. The Morgan fingerprint density at radius 1 is 1.42 bits per heavy atom. The van der Waals surface area contributed by atoms with Gasteiger partial charge in [-0.05, 0) is 41.5 Å². The van der Waals surface area contributed by atoms with Gasteiger partial charge in [-0.1, -0.05) is 6.07 Å². The minimum atomic E-state index is -3.60. The number of nitrogens with two attached hydrogens (primary N) is 1. The van der Waals surface area contributed by atoms with Crippen molar-refractivity contribution >= 4 is 21.6 Å². The van der Waals surface area contributed by atoms with Crippen LogP contribution in [0.5, 0.6) is 5.88 Å². The minimum Gasteiger partial charge on any atom is -0.469 e. The normalized spacial score (nSPS) is 22.9. The van der Waals surface area contributed by atoms with Crippen LogP contribution in [-0.2, 0) is 46.9 Å². The molecule has 0 saturated carbocycles. The van der Waals surface area contributed by atoms with E-state index in [-0.39, 0.29) is 23.3 Å². The number of urea groups is 1. The van der Waals surface area contributed by atoms with E-state index in [1.165, 1.54) is 10.9 Å². The molecule has 1 aromatic carbocycles. The molecule has 0 saturated heterocycles. The van der Waals surface area contributed by atoms with E-state index < -0.39 is 22.1 Å². The van der Waals surface area contributed by atoms with E-state index in [0.717, 1.165) is 41.5 Å². The van der Waals surface area contributed by atoms with Crippen molar-refractivity contribution in [2.24, 2.45) is 9.50 Å². The zero-order chi connectivity index (χ0) is 21.8. The molecule has 166 valence electrons. The van der Waals surface area contributed by atoms with E-state index in [2.05, 4.69) is 20.8 Å². The molecule has 2 aromatic rings. The smallest absolute Gasteiger partial charge is 0.354 e. The van der Waals surface area contributed by atoms with Gasteiger partial charge in [-0.3, -0.25) is 0 Å². The first-order valence-corrected chi connectivity index (χ1v) is 11.8. The first-order valence-electron chi connectivity index (χ1n) is 10.2. The molecule has 0 unspecified atom stereocenters. The Labute approximate surface area is 179 Å². The average molecular weight is 450 g/mol. The van der Waals surface area contributed by atoms with Gasteiger partial charge in [0.2, 0.25) is 5.88 Å². The molecule has 1 aromatic heterocycles. The predicted molar refractivity (Wildman–Crippen MR) is 111 cm³/mol. The summed E-state index contributed by atoms with van der Waals surface area (Å²) in [6.45, 7) is 0.767. The molecule has 3 atom stereocenters. The number of alkyl halides is 1. The van der Waals surface area contributed by atoms with E-state index >= 15 is 0 Å². The summed E-state index contributed by atoms with van der Waals surface area (Å²) in [7, 11) is -2.04. The van der Waals surface area contributed by atoms with E-state index in [1.54, 1.807) is 7.11 Å². The number of rotatable bonds is 4. The Morgan fingerprint density at radius 3 is 3.06 bits per heavy atom. The summed E-state index contributed by atoms with van der Waals surface area (Å²) < 4.78 is 43.3. The Kier molecular flexibility index (Phi) is 4.98. The van der Waals surface area contributed by atoms with E-state index in [1.807, 2.05) is 0 Å². The van der Waals surface area contributed by atoms with Crippen LogP contribution in [0.3, 0.4) is 0 Å². The van der Waals surface area contributed by atoms with Crippen molar-refractivity contribution in [1.29, 1.82) is 0 Å². The number of anilines is 1. The van der Waals surface area contributed by atoms with Gasteiger partial charge < -0.3 is 14.8 Å². The summed E-state index contributed by atoms with van der Waals surface area (Å²) in [5, 5.41) is 12.8. The van der Waals surface area contributed by atoms with Gasteiger partial charge >= 0.3 is 6.03 Å². The first kappa shape index (κ1) is 20.4. The summed E-state index contributed by atoms with van der Waals surface area (Å²) >= 11 is 0. The fourth-order valence-corrected chi connectivity index (χ4v) is 5.71. The van der Waals surface area contributed by atoms with Crippen LogP contribution in [0, 0.1) is 0 Å². The number of carbonyl (C=O) groups excluding carboxylic acids is 1. The lowest BCUT2D eigenvalue weighted by Gasteiger charge is -2.15. The number of benzene rings is 1. The second-order valence-electron chi connectivity index (χ2n) is 8.17. The SMILES string of the molecule is COC[C@H]1Cn2ncc([S@](N)(=O)=NC(=O)Nc3c4c(cc5c3C[C@H](F)C5)CCC4)c2O1. The number of nitrogens with zero attached hydrogens (tertiary/aromatic N) is 3. The topological polar surface area (TPSA) is 121 Å². The molecule has 5 rings (SSSR count). The van der Waals surface area contributed by atoms with Crippen molar-refractivity contribution in [2.75, 3.05) is 19.0 Å². The Hall–Kier alpha value is -2.50. The lowest BCUT2D eigenvalue weighted by atomic mass is 9.99. The highest BCUT2D eigenvalue weighted by molar-refractivity contribution is 7.91. The van der Waals surface area contributed by atoms with Crippen LogP contribution in [0.2, 0.25) is 0 Å². The number of methoxy groups -OCH3 is 1. The molecule has 2 heterocycles. The highest BCUT2D eigenvalue weighted by Gasteiger charge is 2.32. The maximum Gasteiger partial charge on any atom is 0.354 e. The van der Waals surface area contributed by atoms with Gasteiger partial charge in [0.15, 0.2) is 9.92 Å². The van der Waals surface area contributed by atoms with Crippen LogP contribution in [0.1, 0.15) is 28.7 Å². The van der Waals surface area contributed by atoms with Crippen LogP contribution in [0.15, 0.2) is 21.5 Å². The third kappa shape index (κ3) is 3.60. The first-order chi connectivity index (χ1) is 14.9. The van der Waals surface area contributed by atoms with Gasteiger partial charge in [0.05, 0.1) is 19.3 Å². The van der Waals surface area contributed by atoms with E-state index in [9.17, 15) is 13.4 Å². The van der Waals surface area contributed by atoms with Gasteiger partial charge in [0.25, 0.3) is 0 Å². The van der Waals surface area contributed by atoms with Gasteiger partial charge in [-0.25, -0.2) is 23.2 Å². The standard InChI is InChI=1S/C20H24FN5O4S/c1-29-10-14-9-26-19(30-14)17(8-23-26)31(22,28)25-20(27)24-18-15-4-2-3-11(15)5-12-6-13(21)7-16(12)18/h5,8,13-14H,2-4,6-7,9-10H2,1H3,(H3,22,24,25,27,28)/t13-,14-,31-/m1/s1. The molecule has 3 N–H and O–H groups in total. The van der Waals surface area contributed by atoms with Crippen LogP contribution in [0.4, 0.5) is 14.9 Å². The fraction of sp³-hybridized carbons (Fsp3) is 0.500. The molecule has 3 aliphatic rings. The predicted octanol–water partition coefficient (Wildman–Crippen LogP) is 2.15. The highest BCUT2D eigenvalue weighted by atomic mass is 32.2. The molecule has 2 amide bonds. The molecule has 31 heavy (non-hydrogen) atoms. The lowest BCUT2D eigenvalue weighted by molar-refractivity contribution is 0.0920. The largest absolute Gasteiger partial charge is 0.469 e. The second-order valence-corrected chi connectivity index (χ2v) is 9.93. The molecule has 11 heteroatoms. The molecule has 1 aliphatic heterocycles. The molecular weight excluding hydrogens is 425 g/mol. The summed E-state index contributed by atoms with van der Waals surface area (Å²) in [6, 6.07) is 1.23. The van der Waals surface area contributed by atoms with Crippen LogP contribution in [0.25, 0.3) is 0 Å². The zero-order valence-electron chi connectivity index (χ0n) is 17.1. The maximum atomic E-state index is 14.1. The van der Waals surface area contributed by atoms with Gasteiger partial charge in [0, 0.05) is 25.6 Å². The van der Waals surface area contributed by atoms with Crippen molar-refractivity contribution in [3.05, 3.63) is 34.5 Å². The Morgan fingerprint density at radius 2 is 2.26 bits per heavy atom. The van der Waals surface area contributed by atoms with Gasteiger partial charge in [0.1, 0.15) is 17.2 Å². The zero-order valence-corrected chi connectivity index (χ0v) is 17.9. The summed E-state index contributed by atoms with van der Waals surface area (Å²) in [6.07, 6.45) is 3.35. The summed E-state index contributed by atoms with van der Waals surface area (Å²) in [4.78, 5) is 12.8. The van der Waals surface area contributed by atoms with Crippen LogP contribution >= 0.6 is 0 Å². The number of amides is 2. The Bertz CT molecular complexity index is 1190. The van der Waals surface area contributed by atoms with E-state index in [0.29, 0.717) is 25.3 Å². The number of fused-ring (bicyclic) bond motifs is 3.